The molecule has 0 radical (unpaired) electrons. The number of hydrogen-bond donors (Lipinski definition) is 0. The van der Waals surface area contributed by atoms with Gasteiger partial charge in [-0.3, -0.25) is 4.57 Å². The number of rotatable bonds is 7. The van der Waals surface area contributed by atoms with Gasteiger partial charge >= 0.3 is 0 Å². The molecule has 1 aliphatic carbocycles. The van der Waals surface area contributed by atoms with Gasteiger partial charge in [0, 0.05) is 44.4 Å². The van der Waals surface area contributed by atoms with Crippen LogP contribution in [0, 0.1) is 0 Å². The molecule has 2 aromatic heterocycles. The first-order chi connectivity index (χ1) is 31.0. The second-order valence-corrected chi connectivity index (χ2v) is 17.0. The molecule has 0 bridgehead atoms. The fraction of sp³-hybridized carbons (Fsp3) is 0.0508. The van der Waals surface area contributed by atoms with Crippen LogP contribution >= 0.6 is 0 Å². The summed E-state index contributed by atoms with van der Waals surface area (Å²) < 4.78 is 2.25. The number of nitrogens with zero attached hydrogens (tertiary/aromatic N) is 4. The van der Waals surface area contributed by atoms with Crippen LogP contribution in [-0.2, 0) is 5.41 Å². The molecule has 4 nitrogen and oxygen atoms in total. The zero-order chi connectivity index (χ0) is 42.1. The molecule has 11 aromatic rings. The first kappa shape index (κ1) is 36.7. The normalized spacial score (nSPS) is 12.7. The predicted molar refractivity (Wildman–Crippen MR) is 262 cm³/mol. The Balaban J connectivity index is 0.998. The molecule has 1 aliphatic rings. The Kier molecular flexibility index (Phi) is 8.48. The summed E-state index contributed by atoms with van der Waals surface area (Å²) in [5.74, 6) is 0.641. The highest BCUT2D eigenvalue weighted by atomic mass is 15.2. The molecule has 9 aromatic carbocycles. The summed E-state index contributed by atoms with van der Waals surface area (Å²) in [4.78, 5) is 13.0. The van der Waals surface area contributed by atoms with Crippen molar-refractivity contribution < 1.29 is 0 Å². The lowest BCUT2D eigenvalue weighted by Crippen LogP contribution is -2.16. The predicted octanol–water partition coefficient (Wildman–Crippen LogP) is 15.5. The lowest BCUT2D eigenvalue weighted by Gasteiger charge is -2.28. The van der Waals surface area contributed by atoms with Crippen LogP contribution in [0.5, 0.6) is 0 Å². The van der Waals surface area contributed by atoms with Crippen molar-refractivity contribution in [1.82, 2.24) is 14.5 Å². The van der Waals surface area contributed by atoms with Crippen molar-refractivity contribution in [2.75, 3.05) is 4.90 Å². The van der Waals surface area contributed by atoms with E-state index >= 15 is 0 Å². The van der Waals surface area contributed by atoms with E-state index in [2.05, 4.69) is 230 Å². The highest BCUT2D eigenvalue weighted by Crippen LogP contribution is 2.51. The average molecular weight is 807 g/mol. The van der Waals surface area contributed by atoms with Crippen molar-refractivity contribution in [3.63, 3.8) is 0 Å². The van der Waals surface area contributed by atoms with Gasteiger partial charge in [0.15, 0.2) is 0 Å². The molecular formula is C59H42N4. The molecule has 0 unspecified atom stereocenters. The third-order valence-electron chi connectivity index (χ3n) is 13.0. The number of aromatic nitrogens is 3. The monoisotopic (exact) mass is 806 g/mol. The van der Waals surface area contributed by atoms with Crippen LogP contribution < -0.4 is 4.90 Å². The molecule has 12 rings (SSSR count). The molecule has 63 heavy (non-hydrogen) atoms. The standard InChI is InChI=1S/C59H42N4/c1-59(2)51-25-15-14-24-48(51)49-33-32-46(37-52(49)59)62(44-21-10-5-11-22-44)45-30-26-39(27-31-45)43-29-34-55-50(36-43)57-47-23-13-12-16-40(47)28-35-56(57)63(55)58-60-53(41-17-6-3-7-18-41)38-54(61-58)42-19-8-4-9-20-42/h3-38H,1-2H3. The zero-order valence-corrected chi connectivity index (χ0v) is 35.1. The maximum absolute atomic E-state index is 5.29. The maximum Gasteiger partial charge on any atom is 0.235 e. The van der Waals surface area contributed by atoms with E-state index in [0.29, 0.717) is 5.95 Å². The Morgan fingerprint density at radius 1 is 0.397 bits per heavy atom. The van der Waals surface area contributed by atoms with Crippen LogP contribution in [-0.4, -0.2) is 14.5 Å². The number of fused-ring (bicyclic) bond motifs is 8. The van der Waals surface area contributed by atoms with E-state index < -0.39 is 0 Å². The molecule has 298 valence electrons. The quantitative estimate of drug-likeness (QED) is 0.161. The molecule has 4 heteroatoms. The van der Waals surface area contributed by atoms with Gasteiger partial charge in [-0.1, -0.05) is 172 Å². The van der Waals surface area contributed by atoms with E-state index in [0.717, 1.165) is 67.1 Å². The highest BCUT2D eigenvalue weighted by Gasteiger charge is 2.35. The molecule has 0 saturated carbocycles. The van der Waals surface area contributed by atoms with Crippen LogP contribution in [0.15, 0.2) is 218 Å². The van der Waals surface area contributed by atoms with Gasteiger partial charge < -0.3 is 4.90 Å². The van der Waals surface area contributed by atoms with Crippen molar-refractivity contribution >= 4 is 49.6 Å². The minimum Gasteiger partial charge on any atom is -0.310 e. The van der Waals surface area contributed by atoms with Gasteiger partial charge in [0.1, 0.15) is 0 Å². The fourth-order valence-corrected chi connectivity index (χ4v) is 9.89. The summed E-state index contributed by atoms with van der Waals surface area (Å²) in [5, 5.41) is 4.75. The Hall–Kier alpha value is -8.08. The summed E-state index contributed by atoms with van der Waals surface area (Å²) in [7, 11) is 0. The maximum atomic E-state index is 5.29. The highest BCUT2D eigenvalue weighted by molar-refractivity contribution is 6.21. The first-order valence-electron chi connectivity index (χ1n) is 21.7. The Bertz CT molecular complexity index is 3460. The second-order valence-electron chi connectivity index (χ2n) is 17.0. The van der Waals surface area contributed by atoms with Gasteiger partial charge in [-0.15, -0.1) is 0 Å². The third-order valence-corrected chi connectivity index (χ3v) is 13.0. The number of anilines is 3. The van der Waals surface area contributed by atoms with Crippen molar-refractivity contribution in [2.45, 2.75) is 19.3 Å². The van der Waals surface area contributed by atoms with E-state index in [1.54, 1.807) is 0 Å². The van der Waals surface area contributed by atoms with Crippen molar-refractivity contribution in [2.24, 2.45) is 0 Å². The number of benzene rings is 9. The third kappa shape index (κ3) is 6.06. The van der Waals surface area contributed by atoms with Gasteiger partial charge in [-0.05, 0) is 105 Å². The van der Waals surface area contributed by atoms with E-state index in [-0.39, 0.29) is 5.41 Å². The van der Waals surface area contributed by atoms with Crippen LogP contribution in [0.2, 0.25) is 0 Å². The molecule has 0 amide bonds. The number of para-hydroxylation sites is 1. The molecule has 2 heterocycles. The Labute approximate surface area is 367 Å². The first-order valence-corrected chi connectivity index (χ1v) is 21.7. The topological polar surface area (TPSA) is 34.0 Å². The van der Waals surface area contributed by atoms with Crippen LogP contribution in [0.4, 0.5) is 17.1 Å². The Morgan fingerprint density at radius 3 is 1.70 bits per heavy atom. The van der Waals surface area contributed by atoms with Gasteiger partial charge in [-0.25, -0.2) is 9.97 Å². The second kappa shape index (κ2) is 14.5. The summed E-state index contributed by atoms with van der Waals surface area (Å²) in [6.07, 6.45) is 0. The lowest BCUT2D eigenvalue weighted by atomic mass is 9.82. The average Bonchev–Trinajstić information content (AvgIpc) is 3.80. The molecule has 0 N–H and O–H groups in total. The minimum absolute atomic E-state index is 0.0950. The SMILES string of the molecule is CC1(C)c2ccccc2-c2ccc(N(c3ccccc3)c3ccc(-c4ccc5c(c4)c4c6ccccc6ccc4n5-c4nc(-c5ccccc5)cc(-c5ccccc5)n4)cc3)cc21. The number of hydrogen-bond acceptors (Lipinski definition) is 3. The van der Waals surface area contributed by atoms with Crippen molar-refractivity contribution in [1.29, 1.82) is 0 Å². The van der Waals surface area contributed by atoms with Crippen LogP contribution in [0.3, 0.4) is 0 Å². The smallest absolute Gasteiger partial charge is 0.235 e. The van der Waals surface area contributed by atoms with Crippen LogP contribution in [0.25, 0.3) is 83.3 Å². The minimum atomic E-state index is -0.0950. The van der Waals surface area contributed by atoms with Gasteiger partial charge in [-0.2, -0.15) is 0 Å². The summed E-state index contributed by atoms with van der Waals surface area (Å²) in [6, 6.07) is 78.4. The van der Waals surface area contributed by atoms with E-state index in [9.17, 15) is 0 Å². The van der Waals surface area contributed by atoms with E-state index in [4.69, 9.17) is 9.97 Å². The van der Waals surface area contributed by atoms with Crippen LogP contribution in [0.1, 0.15) is 25.0 Å². The Morgan fingerprint density at radius 2 is 0.968 bits per heavy atom. The molecule has 0 aliphatic heterocycles. The molecule has 0 fully saturated rings. The molecular weight excluding hydrogens is 765 g/mol. The summed E-state index contributed by atoms with van der Waals surface area (Å²) in [6.45, 7) is 4.69. The van der Waals surface area contributed by atoms with Gasteiger partial charge in [0.05, 0.1) is 22.4 Å². The fourth-order valence-electron chi connectivity index (χ4n) is 9.89. The van der Waals surface area contributed by atoms with E-state index in [1.165, 1.54) is 38.4 Å². The van der Waals surface area contributed by atoms with Gasteiger partial charge in [0.2, 0.25) is 5.95 Å². The van der Waals surface area contributed by atoms with Gasteiger partial charge in [0.25, 0.3) is 0 Å². The van der Waals surface area contributed by atoms with E-state index in [1.807, 2.05) is 12.1 Å². The lowest BCUT2D eigenvalue weighted by molar-refractivity contribution is 0.660. The molecule has 0 atom stereocenters. The van der Waals surface area contributed by atoms with Crippen molar-refractivity contribution in [3.05, 3.63) is 230 Å². The summed E-state index contributed by atoms with van der Waals surface area (Å²) in [5.41, 5.74) is 16.9. The largest absolute Gasteiger partial charge is 0.310 e. The molecule has 0 spiro atoms. The zero-order valence-electron chi connectivity index (χ0n) is 35.1. The van der Waals surface area contributed by atoms with Crippen molar-refractivity contribution in [3.8, 4) is 50.7 Å². The summed E-state index contributed by atoms with van der Waals surface area (Å²) >= 11 is 0. The molecule has 0 saturated heterocycles.